The molecule has 2 amide bonds. The molecule has 1 aromatic heterocycles. The summed E-state index contributed by atoms with van der Waals surface area (Å²) in [4.78, 5) is 17.9. The second-order valence-corrected chi connectivity index (χ2v) is 12.5. The van der Waals surface area contributed by atoms with E-state index in [1.165, 1.54) is 0 Å². The van der Waals surface area contributed by atoms with E-state index in [0.717, 1.165) is 66.3 Å². The first-order valence-electron chi connectivity index (χ1n) is 15.0. The topological polar surface area (TPSA) is 83.9 Å². The molecule has 1 saturated heterocycles. The number of urea groups is 1. The minimum absolute atomic E-state index is 0.178. The molecule has 4 aromatic rings. The lowest BCUT2D eigenvalue weighted by atomic mass is 9.92. The van der Waals surface area contributed by atoms with E-state index in [0.29, 0.717) is 18.1 Å². The van der Waals surface area contributed by atoms with Crippen LogP contribution in [0.4, 0.5) is 16.3 Å². The van der Waals surface area contributed by atoms with Crippen LogP contribution in [0.3, 0.4) is 0 Å². The minimum Gasteiger partial charge on any atom is -0.492 e. The van der Waals surface area contributed by atoms with E-state index >= 15 is 0 Å². The number of carbonyl (C=O) groups excluding carboxylic acids is 1. The summed E-state index contributed by atoms with van der Waals surface area (Å²) in [5, 5.41) is 12.8. The number of fused-ring (bicyclic) bond motifs is 1. The maximum Gasteiger partial charge on any atom is 0.324 e. The van der Waals surface area contributed by atoms with Gasteiger partial charge < -0.3 is 19.7 Å². The van der Waals surface area contributed by atoms with Crippen molar-refractivity contribution in [1.82, 2.24) is 19.6 Å². The van der Waals surface area contributed by atoms with Crippen LogP contribution in [0.15, 0.2) is 66.7 Å². The zero-order chi connectivity index (χ0) is 30.6. The number of ether oxygens (including phenoxy) is 2. The fourth-order valence-electron chi connectivity index (χ4n) is 5.38. The number of rotatable bonds is 9. The number of morpholine rings is 1. The van der Waals surface area contributed by atoms with Crippen LogP contribution in [0.5, 0.6) is 5.75 Å². The number of nitrogens with one attached hydrogen (secondary N) is 2. The SMILES string of the molecule is Cc1ccccc1-n1nc(C(C)(C)C)cc1NC(=O)Nc1ccc(OCCN2CCOC(CN(C)C)C2)c2ccccc12. The van der Waals surface area contributed by atoms with Crippen molar-refractivity contribution in [3.63, 3.8) is 0 Å². The van der Waals surface area contributed by atoms with Gasteiger partial charge in [-0.3, -0.25) is 10.2 Å². The van der Waals surface area contributed by atoms with E-state index in [2.05, 4.69) is 55.3 Å². The van der Waals surface area contributed by atoms with Crippen LogP contribution in [0, 0.1) is 6.92 Å². The summed E-state index contributed by atoms with van der Waals surface area (Å²) < 4.78 is 14.0. The van der Waals surface area contributed by atoms with Crippen LogP contribution < -0.4 is 15.4 Å². The standard InChI is InChI=1S/C34H44N6O3/c1-24-11-7-10-14-29(24)40-32(21-31(37-40)34(2,3)4)36-33(41)35-28-15-16-30(27-13-9-8-12-26(27)28)43-20-18-39-17-19-42-25(23-39)22-38(5)6/h7-16,21,25H,17-20,22-23H2,1-6H3,(H2,35,36,41). The fourth-order valence-corrected chi connectivity index (χ4v) is 5.38. The number of aryl methyl sites for hydroxylation is 1. The molecule has 0 spiro atoms. The zero-order valence-corrected chi connectivity index (χ0v) is 26.2. The smallest absolute Gasteiger partial charge is 0.324 e. The molecular formula is C34H44N6O3. The lowest BCUT2D eigenvalue weighted by Gasteiger charge is -2.34. The highest BCUT2D eigenvalue weighted by Crippen LogP contribution is 2.32. The van der Waals surface area contributed by atoms with Crippen LogP contribution in [-0.2, 0) is 10.2 Å². The Balaban J connectivity index is 1.29. The summed E-state index contributed by atoms with van der Waals surface area (Å²) in [5.41, 5.74) is 3.41. The number of nitrogens with zero attached hydrogens (tertiary/aromatic N) is 4. The van der Waals surface area contributed by atoms with E-state index in [9.17, 15) is 4.79 Å². The number of para-hydroxylation sites is 1. The zero-order valence-electron chi connectivity index (χ0n) is 26.2. The Morgan fingerprint density at radius 2 is 1.79 bits per heavy atom. The largest absolute Gasteiger partial charge is 0.492 e. The Kier molecular flexibility index (Phi) is 9.34. The summed E-state index contributed by atoms with van der Waals surface area (Å²) in [6, 6.07) is 21.4. The van der Waals surface area contributed by atoms with Gasteiger partial charge in [0.2, 0.25) is 0 Å². The summed E-state index contributed by atoms with van der Waals surface area (Å²) in [5.74, 6) is 1.41. The first-order chi connectivity index (χ1) is 20.6. The molecule has 1 atom stereocenters. The van der Waals surface area contributed by atoms with Gasteiger partial charge in [-0.1, -0.05) is 63.2 Å². The van der Waals surface area contributed by atoms with Gasteiger partial charge >= 0.3 is 6.03 Å². The molecule has 1 fully saturated rings. The van der Waals surface area contributed by atoms with Crippen molar-refractivity contribution >= 4 is 28.3 Å². The summed E-state index contributed by atoms with van der Waals surface area (Å²) in [6.45, 7) is 13.2. The van der Waals surface area contributed by atoms with Crippen LogP contribution >= 0.6 is 0 Å². The molecule has 1 aliphatic heterocycles. The Bertz CT molecular complexity index is 1560. The third-order valence-electron chi connectivity index (χ3n) is 7.65. The molecule has 0 aliphatic carbocycles. The first kappa shape index (κ1) is 30.5. The molecule has 2 N–H and O–H groups in total. The highest BCUT2D eigenvalue weighted by atomic mass is 16.5. The van der Waals surface area contributed by atoms with Crippen LogP contribution in [-0.4, -0.2) is 85.2 Å². The van der Waals surface area contributed by atoms with Gasteiger partial charge in [0.15, 0.2) is 0 Å². The monoisotopic (exact) mass is 584 g/mol. The van der Waals surface area contributed by atoms with Gasteiger partial charge in [-0.2, -0.15) is 5.10 Å². The molecule has 9 heteroatoms. The molecule has 2 heterocycles. The molecule has 5 rings (SSSR count). The Morgan fingerprint density at radius 1 is 1.05 bits per heavy atom. The maximum atomic E-state index is 13.4. The number of anilines is 2. The van der Waals surface area contributed by atoms with Crippen LogP contribution in [0.2, 0.25) is 0 Å². The van der Waals surface area contributed by atoms with Gasteiger partial charge in [-0.15, -0.1) is 0 Å². The van der Waals surface area contributed by atoms with Gasteiger partial charge in [0.1, 0.15) is 18.2 Å². The van der Waals surface area contributed by atoms with Crippen molar-refractivity contribution in [1.29, 1.82) is 0 Å². The molecule has 3 aromatic carbocycles. The van der Waals surface area contributed by atoms with Crippen molar-refractivity contribution in [3.05, 3.63) is 78.0 Å². The quantitative estimate of drug-likeness (QED) is 0.254. The molecule has 0 saturated carbocycles. The van der Waals surface area contributed by atoms with Gasteiger partial charge in [-0.25, -0.2) is 9.48 Å². The second kappa shape index (κ2) is 13.2. The molecule has 9 nitrogen and oxygen atoms in total. The lowest BCUT2D eigenvalue weighted by Crippen LogP contribution is -2.47. The average Bonchev–Trinajstić information content (AvgIpc) is 3.38. The normalized spacial score (nSPS) is 16.0. The van der Waals surface area contributed by atoms with Crippen molar-refractivity contribution in [2.45, 2.75) is 39.2 Å². The molecule has 43 heavy (non-hydrogen) atoms. The average molecular weight is 585 g/mol. The Labute approximate surface area is 254 Å². The van der Waals surface area contributed by atoms with Gasteiger partial charge in [0, 0.05) is 48.4 Å². The molecule has 228 valence electrons. The first-order valence-corrected chi connectivity index (χ1v) is 15.0. The molecule has 1 unspecified atom stereocenters. The summed E-state index contributed by atoms with van der Waals surface area (Å²) in [6.07, 6.45) is 0.219. The number of hydrogen-bond donors (Lipinski definition) is 2. The highest BCUT2D eigenvalue weighted by molar-refractivity contribution is 6.07. The molecule has 1 aliphatic rings. The fraction of sp³-hybridized carbons (Fsp3) is 0.412. The predicted octanol–water partition coefficient (Wildman–Crippen LogP) is 5.92. The number of carbonyl (C=O) groups is 1. The summed E-state index contributed by atoms with van der Waals surface area (Å²) >= 11 is 0. The minimum atomic E-state index is -0.339. The van der Waals surface area contributed by atoms with Gasteiger partial charge in [0.25, 0.3) is 0 Å². The Hall–Kier alpha value is -3.92. The Morgan fingerprint density at radius 3 is 2.53 bits per heavy atom. The predicted molar refractivity (Wildman–Crippen MR) is 174 cm³/mol. The number of benzene rings is 3. The van der Waals surface area contributed by atoms with E-state index in [1.807, 2.05) is 78.3 Å². The van der Waals surface area contributed by atoms with E-state index < -0.39 is 0 Å². The summed E-state index contributed by atoms with van der Waals surface area (Å²) in [7, 11) is 4.14. The maximum absolute atomic E-state index is 13.4. The lowest BCUT2D eigenvalue weighted by molar-refractivity contribution is -0.0405. The number of hydrogen-bond acceptors (Lipinski definition) is 6. The van der Waals surface area contributed by atoms with Crippen molar-refractivity contribution in [2.75, 3.05) is 64.1 Å². The van der Waals surface area contributed by atoms with Crippen molar-refractivity contribution < 1.29 is 14.3 Å². The van der Waals surface area contributed by atoms with Crippen molar-refractivity contribution in [3.8, 4) is 11.4 Å². The van der Waals surface area contributed by atoms with Gasteiger partial charge in [-0.05, 0) is 44.8 Å². The van der Waals surface area contributed by atoms with E-state index in [-0.39, 0.29) is 17.6 Å². The molecule has 0 bridgehead atoms. The van der Waals surface area contributed by atoms with E-state index in [1.54, 1.807) is 0 Å². The number of aromatic nitrogens is 2. The third kappa shape index (κ3) is 7.54. The second-order valence-electron chi connectivity index (χ2n) is 12.5. The number of likely N-dealkylation sites (N-methyl/N-ethyl adjacent to an activating group) is 1. The molecular weight excluding hydrogens is 540 g/mol. The van der Waals surface area contributed by atoms with E-state index in [4.69, 9.17) is 14.6 Å². The van der Waals surface area contributed by atoms with Gasteiger partial charge in [0.05, 0.1) is 29.8 Å². The van der Waals surface area contributed by atoms with Crippen LogP contribution in [0.1, 0.15) is 32.0 Å². The number of amides is 2. The van der Waals surface area contributed by atoms with Crippen LogP contribution in [0.25, 0.3) is 16.5 Å². The molecule has 0 radical (unpaired) electrons. The van der Waals surface area contributed by atoms with Crippen molar-refractivity contribution in [2.24, 2.45) is 0 Å². The third-order valence-corrected chi connectivity index (χ3v) is 7.65. The highest BCUT2D eigenvalue weighted by Gasteiger charge is 2.23.